The van der Waals surface area contributed by atoms with E-state index in [9.17, 15) is 0 Å². The topological polar surface area (TPSA) is 44.3 Å². The highest BCUT2D eigenvalue weighted by atomic mass is 16.3. The monoisotopic (exact) mass is 268 g/mol. The summed E-state index contributed by atoms with van der Waals surface area (Å²) in [6.45, 7) is 4.87. The Balaban J connectivity index is 1.77. The third-order valence-corrected chi connectivity index (χ3v) is 5.22. The first kappa shape index (κ1) is 15.3. The normalized spacial score (nSPS) is 33.5. The lowest BCUT2D eigenvalue weighted by atomic mass is 9.88. The third kappa shape index (κ3) is 4.44. The minimum Gasteiger partial charge on any atom is -0.396 e. The average molecular weight is 268 g/mol. The quantitative estimate of drug-likeness (QED) is 0.664. The highest BCUT2D eigenvalue weighted by Gasteiger charge is 2.33. The zero-order chi connectivity index (χ0) is 13.5. The number of hydrogen-bond donors (Lipinski definition) is 3. The highest BCUT2D eigenvalue weighted by molar-refractivity contribution is 4.92. The van der Waals surface area contributed by atoms with Crippen LogP contribution in [0.25, 0.3) is 0 Å². The fourth-order valence-corrected chi connectivity index (χ4v) is 3.92. The van der Waals surface area contributed by atoms with Gasteiger partial charge in [0.1, 0.15) is 0 Å². The number of rotatable bonds is 7. The molecule has 0 amide bonds. The molecule has 3 nitrogen and oxygen atoms in total. The Morgan fingerprint density at radius 3 is 2.79 bits per heavy atom. The van der Waals surface area contributed by atoms with Crippen LogP contribution in [0.1, 0.15) is 58.3 Å². The predicted octanol–water partition coefficient (Wildman–Crippen LogP) is 2.30. The summed E-state index contributed by atoms with van der Waals surface area (Å²) in [6.07, 6.45) is 10.4. The second kappa shape index (κ2) is 8.23. The van der Waals surface area contributed by atoms with Crippen LogP contribution in [0.2, 0.25) is 0 Å². The van der Waals surface area contributed by atoms with Crippen LogP contribution in [0.15, 0.2) is 0 Å². The summed E-state index contributed by atoms with van der Waals surface area (Å²) in [5.74, 6) is 1.48. The van der Waals surface area contributed by atoms with Crippen molar-refractivity contribution in [2.45, 2.75) is 70.4 Å². The number of aliphatic hydroxyl groups excluding tert-OH is 1. The molecule has 1 saturated carbocycles. The Labute approximate surface area is 118 Å². The summed E-state index contributed by atoms with van der Waals surface area (Å²) in [4.78, 5) is 0. The molecular formula is C16H32N2O. The van der Waals surface area contributed by atoms with Crippen molar-refractivity contribution in [3.8, 4) is 0 Å². The van der Waals surface area contributed by atoms with Gasteiger partial charge in [-0.25, -0.2) is 0 Å². The maximum Gasteiger partial charge on any atom is 0.0434 e. The summed E-state index contributed by atoms with van der Waals surface area (Å²) < 4.78 is 0. The van der Waals surface area contributed by atoms with Gasteiger partial charge in [0.15, 0.2) is 0 Å². The van der Waals surface area contributed by atoms with E-state index in [1.807, 2.05) is 0 Å². The average Bonchev–Trinajstić information content (AvgIpc) is 2.93. The van der Waals surface area contributed by atoms with E-state index >= 15 is 0 Å². The van der Waals surface area contributed by atoms with Gasteiger partial charge in [-0.05, 0) is 57.0 Å². The van der Waals surface area contributed by atoms with Gasteiger partial charge in [0.25, 0.3) is 0 Å². The molecule has 0 aromatic rings. The van der Waals surface area contributed by atoms with Crippen molar-refractivity contribution in [3.63, 3.8) is 0 Å². The largest absolute Gasteiger partial charge is 0.396 e. The lowest BCUT2D eigenvalue weighted by Gasteiger charge is -2.33. The van der Waals surface area contributed by atoms with E-state index in [2.05, 4.69) is 17.6 Å². The number of nitrogens with one attached hydrogen (secondary N) is 2. The SMILES string of the molecule is CCC(CCO)CNC1CCCC1C1CCCCN1. The van der Waals surface area contributed by atoms with Crippen molar-refractivity contribution in [1.29, 1.82) is 0 Å². The molecule has 2 aliphatic rings. The van der Waals surface area contributed by atoms with Gasteiger partial charge in [0.2, 0.25) is 0 Å². The molecule has 0 aromatic carbocycles. The smallest absolute Gasteiger partial charge is 0.0434 e. The molecule has 2 rings (SSSR count). The first-order valence-electron chi connectivity index (χ1n) is 8.42. The van der Waals surface area contributed by atoms with E-state index in [1.54, 1.807) is 0 Å². The Morgan fingerprint density at radius 1 is 1.21 bits per heavy atom. The van der Waals surface area contributed by atoms with Gasteiger partial charge < -0.3 is 15.7 Å². The van der Waals surface area contributed by atoms with Gasteiger partial charge >= 0.3 is 0 Å². The van der Waals surface area contributed by atoms with Crippen LogP contribution in [0.4, 0.5) is 0 Å². The molecule has 1 aliphatic carbocycles. The van der Waals surface area contributed by atoms with Gasteiger partial charge in [-0.2, -0.15) is 0 Å². The summed E-state index contributed by atoms with van der Waals surface area (Å²) in [5.41, 5.74) is 0. The highest BCUT2D eigenvalue weighted by Crippen LogP contribution is 2.31. The lowest BCUT2D eigenvalue weighted by Crippen LogP contribution is -2.47. The van der Waals surface area contributed by atoms with Crippen LogP contribution in [0.5, 0.6) is 0 Å². The van der Waals surface area contributed by atoms with Crippen LogP contribution < -0.4 is 10.6 Å². The number of aliphatic hydroxyl groups is 1. The van der Waals surface area contributed by atoms with Crippen molar-refractivity contribution < 1.29 is 5.11 Å². The zero-order valence-electron chi connectivity index (χ0n) is 12.5. The zero-order valence-corrected chi connectivity index (χ0v) is 12.5. The molecule has 19 heavy (non-hydrogen) atoms. The van der Waals surface area contributed by atoms with Crippen LogP contribution in [-0.4, -0.2) is 36.9 Å². The summed E-state index contributed by atoms with van der Waals surface area (Å²) in [6, 6.07) is 1.47. The first-order chi connectivity index (χ1) is 9.35. The van der Waals surface area contributed by atoms with Gasteiger partial charge in [-0.1, -0.05) is 26.2 Å². The predicted molar refractivity (Wildman–Crippen MR) is 80.3 cm³/mol. The van der Waals surface area contributed by atoms with E-state index in [0.29, 0.717) is 18.6 Å². The molecule has 2 fully saturated rings. The Hall–Kier alpha value is -0.120. The fraction of sp³-hybridized carbons (Fsp3) is 1.00. The molecule has 4 atom stereocenters. The van der Waals surface area contributed by atoms with E-state index in [0.717, 1.165) is 24.9 Å². The molecule has 4 unspecified atom stereocenters. The van der Waals surface area contributed by atoms with Crippen molar-refractivity contribution in [1.82, 2.24) is 10.6 Å². The summed E-state index contributed by atoms with van der Waals surface area (Å²) >= 11 is 0. The minimum atomic E-state index is 0.332. The molecule has 3 heteroatoms. The summed E-state index contributed by atoms with van der Waals surface area (Å²) in [7, 11) is 0. The molecule has 112 valence electrons. The van der Waals surface area contributed by atoms with Crippen molar-refractivity contribution in [2.75, 3.05) is 19.7 Å². The molecular weight excluding hydrogens is 236 g/mol. The molecule has 0 bridgehead atoms. The molecule has 0 spiro atoms. The fourth-order valence-electron chi connectivity index (χ4n) is 3.92. The molecule has 0 aromatic heterocycles. The van der Waals surface area contributed by atoms with E-state index in [-0.39, 0.29) is 0 Å². The molecule has 1 saturated heterocycles. The lowest BCUT2D eigenvalue weighted by molar-refractivity contribution is 0.229. The Bertz CT molecular complexity index is 241. The minimum absolute atomic E-state index is 0.332. The Kier molecular flexibility index (Phi) is 6.62. The van der Waals surface area contributed by atoms with Crippen LogP contribution >= 0.6 is 0 Å². The molecule has 1 aliphatic heterocycles. The van der Waals surface area contributed by atoms with Crippen molar-refractivity contribution >= 4 is 0 Å². The first-order valence-corrected chi connectivity index (χ1v) is 8.42. The number of piperidine rings is 1. The molecule has 0 radical (unpaired) electrons. The van der Waals surface area contributed by atoms with Crippen LogP contribution in [0.3, 0.4) is 0 Å². The van der Waals surface area contributed by atoms with Crippen molar-refractivity contribution in [3.05, 3.63) is 0 Å². The maximum absolute atomic E-state index is 9.08. The van der Waals surface area contributed by atoms with E-state index in [1.165, 1.54) is 51.5 Å². The standard InChI is InChI=1S/C16H32N2O/c1-2-13(9-11-19)12-18-16-8-5-6-14(16)15-7-3-4-10-17-15/h13-19H,2-12H2,1H3. The van der Waals surface area contributed by atoms with Gasteiger partial charge in [0.05, 0.1) is 0 Å². The second-order valence-corrected chi connectivity index (χ2v) is 6.45. The number of hydrogen-bond acceptors (Lipinski definition) is 3. The van der Waals surface area contributed by atoms with E-state index in [4.69, 9.17) is 5.11 Å². The van der Waals surface area contributed by atoms with Crippen LogP contribution in [-0.2, 0) is 0 Å². The van der Waals surface area contributed by atoms with Gasteiger partial charge in [0, 0.05) is 18.7 Å². The van der Waals surface area contributed by atoms with E-state index < -0.39 is 0 Å². The third-order valence-electron chi connectivity index (χ3n) is 5.22. The molecule has 3 N–H and O–H groups in total. The Morgan fingerprint density at radius 2 is 2.11 bits per heavy atom. The van der Waals surface area contributed by atoms with Crippen molar-refractivity contribution in [2.24, 2.45) is 11.8 Å². The van der Waals surface area contributed by atoms with Gasteiger partial charge in [-0.15, -0.1) is 0 Å². The second-order valence-electron chi connectivity index (χ2n) is 6.45. The summed E-state index contributed by atoms with van der Waals surface area (Å²) in [5, 5.41) is 16.6. The maximum atomic E-state index is 9.08. The molecule has 1 heterocycles. The van der Waals surface area contributed by atoms with Crippen LogP contribution in [0, 0.1) is 11.8 Å². The van der Waals surface area contributed by atoms with Gasteiger partial charge in [-0.3, -0.25) is 0 Å².